The largest absolute Gasteiger partial charge is 1.00 e. The Morgan fingerprint density at radius 3 is 1.40 bits per heavy atom. The molecule has 4 nitrogen and oxygen atoms in total. The molecule has 0 aromatic carbocycles. The fraction of sp³-hybridized carbons (Fsp3) is 0.931. The first-order chi connectivity index (χ1) is 16.5. The fourth-order valence-electron chi connectivity index (χ4n) is 4.51. The predicted octanol–water partition coefficient (Wildman–Crippen LogP) is 6.65. The Morgan fingerprint density at radius 2 is 1.00 bits per heavy atom. The van der Waals surface area contributed by atoms with Gasteiger partial charge in [0.1, 0.15) is 0 Å². The number of unbranched alkanes of at least 4 members (excludes halogenated alkanes) is 20. The number of hydrogen-bond acceptors (Lipinski definition) is 4. The normalized spacial score (nSPS) is 12.8. The first kappa shape index (κ1) is 37.8. The standard InChI is InChI=1S/C29H58O4S.Na/c1-3-5-7-9-11-13-14-15-16-17-18-19-21-23-25-27-29(28-33-34(30,31)32)26-24-22-20-12-10-8-6-4-2;/h24,26,29H,3-23,25,27-28H2,1-2H3,(H,30,31,32);/q;+1/p-1/b26-24+;. The summed E-state index contributed by atoms with van der Waals surface area (Å²) in [6.07, 6.45) is 33.8. The van der Waals surface area contributed by atoms with Gasteiger partial charge in [-0.05, 0) is 19.3 Å². The van der Waals surface area contributed by atoms with E-state index in [4.69, 9.17) is 0 Å². The van der Waals surface area contributed by atoms with Crippen molar-refractivity contribution in [2.24, 2.45) is 5.92 Å². The van der Waals surface area contributed by atoms with Crippen LogP contribution in [0.25, 0.3) is 0 Å². The van der Waals surface area contributed by atoms with Gasteiger partial charge in [0.15, 0.2) is 0 Å². The Kier molecular flexibility index (Phi) is 31.5. The maximum atomic E-state index is 10.8. The van der Waals surface area contributed by atoms with E-state index in [1.54, 1.807) is 0 Å². The van der Waals surface area contributed by atoms with Crippen LogP contribution in [0.4, 0.5) is 0 Å². The molecule has 0 heterocycles. The summed E-state index contributed by atoms with van der Waals surface area (Å²) in [6, 6.07) is 0. The first-order valence-corrected chi connectivity index (χ1v) is 16.1. The van der Waals surface area contributed by atoms with Crippen LogP contribution in [-0.4, -0.2) is 19.6 Å². The molecule has 35 heavy (non-hydrogen) atoms. The Morgan fingerprint density at radius 1 is 0.629 bits per heavy atom. The van der Waals surface area contributed by atoms with E-state index in [-0.39, 0.29) is 42.1 Å². The minimum absolute atomic E-state index is 0. The molecule has 0 aliphatic rings. The van der Waals surface area contributed by atoms with E-state index in [0.29, 0.717) is 0 Å². The Labute approximate surface area is 242 Å². The van der Waals surface area contributed by atoms with Gasteiger partial charge in [0.05, 0.1) is 6.61 Å². The van der Waals surface area contributed by atoms with E-state index >= 15 is 0 Å². The quantitative estimate of drug-likeness (QED) is 0.0397. The molecule has 0 aromatic rings. The van der Waals surface area contributed by atoms with Crippen LogP contribution in [0.15, 0.2) is 12.2 Å². The van der Waals surface area contributed by atoms with Crippen molar-refractivity contribution in [3.8, 4) is 0 Å². The molecule has 0 radical (unpaired) electrons. The van der Waals surface area contributed by atoms with E-state index < -0.39 is 10.4 Å². The maximum absolute atomic E-state index is 10.8. The smallest absolute Gasteiger partial charge is 0.726 e. The van der Waals surface area contributed by atoms with Gasteiger partial charge in [-0.15, -0.1) is 0 Å². The summed E-state index contributed by atoms with van der Waals surface area (Å²) in [5.74, 6) is 0.0192. The topological polar surface area (TPSA) is 66.4 Å². The van der Waals surface area contributed by atoms with Crippen LogP contribution in [0.2, 0.25) is 0 Å². The third kappa shape index (κ3) is 32.6. The second kappa shape index (κ2) is 29.2. The van der Waals surface area contributed by atoms with Crippen molar-refractivity contribution in [1.82, 2.24) is 0 Å². The van der Waals surface area contributed by atoms with Gasteiger partial charge in [-0.2, -0.15) is 0 Å². The van der Waals surface area contributed by atoms with Crippen LogP contribution in [0.1, 0.15) is 162 Å². The third-order valence-corrected chi connectivity index (χ3v) is 7.16. The van der Waals surface area contributed by atoms with Gasteiger partial charge in [-0.25, -0.2) is 8.42 Å². The van der Waals surface area contributed by atoms with Gasteiger partial charge < -0.3 is 4.55 Å². The van der Waals surface area contributed by atoms with Crippen molar-refractivity contribution in [2.45, 2.75) is 162 Å². The van der Waals surface area contributed by atoms with Crippen LogP contribution in [0.3, 0.4) is 0 Å². The molecule has 204 valence electrons. The monoisotopic (exact) mass is 524 g/mol. The SMILES string of the molecule is CCCCCCCC/C=C/C(CCCCCCCCCCCCCCCCC)COS(=O)(=O)[O-].[Na+]. The van der Waals surface area contributed by atoms with Crippen molar-refractivity contribution in [2.75, 3.05) is 6.61 Å². The zero-order valence-corrected chi connectivity index (χ0v) is 26.6. The van der Waals surface area contributed by atoms with Gasteiger partial charge in [-0.3, -0.25) is 4.18 Å². The molecule has 1 atom stereocenters. The second-order valence-corrected chi connectivity index (χ2v) is 11.2. The predicted molar refractivity (Wildman–Crippen MR) is 146 cm³/mol. The van der Waals surface area contributed by atoms with E-state index in [9.17, 15) is 13.0 Å². The van der Waals surface area contributed by atoms with E-state index in [1.165, 1.54) is 128 Å². The number of rotatable bonds is 27. The van der Waals surface area contributed by atoms with Gasteiger partial charge in [0, 0.05) is 5.92 Å². The maximum Gasteiger partial charge on any atom is 1.00 e. The van der Waals surface area contributed by atoms with Crippen LogP contribution >= 0.6 is 0 Å². The molecule has 0 aromatic heterocycles. The minimum atomic E-state index is -4.61. The summed E-state index contributed by atoms with van der Waals surface area (Å²) < 4.78 is 37.1. The second-order valence-electron chi connectivity index (χ2n) is 10.2. The molecule has 1 unspecified atom stereocenters. The molecule has 0 spiro atoms. The minimum Gasteiger partial charge on any atom is -0.726 e. The molecular weight excluding hydrogens is 467 g/mol. The number of allylic oxidation sites excluding steroid dienone is 1. The fourth-order valence-corrected chi connectivity index (χ4v) is 4.86. The molecule has 0 bridgehead atoms. The van der Waals surface area contributed by atoms with E-state index in [2.05, 4.69) is 30.2 Å². The molecule has 0 saturated carbocycles. The third-order valence-electron chi connectivity index (χ3n) is 6.74. The van der Waals surface area contributed by atoms with Crippen LogP contribution < -0.4 is 29.6 Å². The van der Waals surface area contributed by atoms with Crippen molar-refractivity contribution >= 4 is 10.4 Å². The first-order valence-electron chi connectivity index (χ1n) is 14.8. The molecule has 0 fully saturated rings. The molecule has 0 amide bonds. The molecule has 0 N–H and O–H groups in total. The van der Waals surface area contributed by atoms with Crippen molar-refractivity contribution in [3.63, 3.8) is 0 Å². The Balaban J connectivity index is 0. The van der Waals surface area contributed by atoms with Crippen LogP contribution in [0.5, 0.6) is 0 Å². The average molecular weight is 525 g/mol. The van der Waals surface area contributed by atoms with Gasteiger partial charge in [0.2, 0.25) is 10.4 Å². The van der Waals surface area contributed by atoms with Crippen LogP contribution in [-0.2, 0) is 14.6 Å². The summed E-state index contributed by atoms with van der Waals surface area (Å²) in [5.41, 5.74) is 0. The van der Waals surface area contributed by atoms with Gasteiger partial charge in [-0.1, -0.05) is 154 Å². The van der Waals surface area contributed by atoms with E-state index in [1.807, 2.05) is 0 Å². The average Bonchev–Trinajstić information content (AvgIpc) is 2.80. The zero-order valence-electron chi connectivity index (χ0n) is 23.7. The zero-order chi connectivity index (χ0) is 25.2. The number of hydrogen-bond donors (Lipinski definition) is 0. The summed E-state index contributed by atoms with van der Waals surface area (Å²) >= 11 is 0. The molecular formula is C29H57NaO4S. The van der Waals surface area contributed by atoms with Crippen molar-refractivity contribution in [1.29, 1.82) is 0 Å². The summed E-state index contributed by atoms with van der Waals surface area (Å²) in [7, 11) is -4.61. The van der Waals surface area contributed by atoms with Crippen molar-refractivity contribution in [3.05, 3.63) is 12.2 Å². The summed E-state index contributed by atoms with van der Waals surface area (Å²) in [5, 5.41) is 0. The summed E-state index contributed by atoms with van der Waals surface area (Å²) in [4.78, 5) is 0. The van der Waals surface area contributed by atoms with Crippen molar-refractivity contribution < 1.29 is 46.7 Å². The molecule has 6 heteroatoms. The van der Waals surface area contributed by atoms with Gasteiger partial charge >= 0.3 is 29.6 Å². The molecule has 0 rings (SSSR count). The Bertz CT molecular complexity index is 537. The van der Waals surface area contributed by atoms with Crippen LogP contribution in [0, 0.1) is 5.92 Å². The Hall–Kier alpha value is 0.610. The van der Waals surface area contributed by atoms with E-state index in [0.717, 1.165) is 19.3 Å². The molecule has 0 aliphatic carbocycles. The molecule has 0 aliphatic heterocycles. The molecule has 0 saturated heterocycles. The van der Waals surface area contributed by atoms with Gasteiger partial charge in [0.25, 0.3) is 0 Å². The summed E-state index contributed by atoms with van der Waals surface area (Å²) in [6.45, 7) is 4.48.